The third-order valence-corrected chi connectivity index (χ3v) is 9.10. The molecule has 1 amide bonds. The number of benzene rings is 3. The van der Waals surface area contributed by atoms with Gasteiger partial charge in [-0.05, 0) is 73.9 Å². The Morgan fingerprint density at radius 3 is 2.68 bits per heavy atom. The monoisotopic (exact) mass is 533 g/mol. The molecule has 3 aromatic carbocycles. The van der Waals surface area contributed by atoms with Crippen molar-refractivity contribution in [3.05, 3.63) is 95.3 Å². The number of anilines is 1. The second-order valence-corrected chi connectivity index (χ2v) is 11.5. The number of ether oxygens (including phenoxy) is 1. The maximum atomic E-state index is 13.4. The Balaban J connectivity index is 1.46. The quantitative estimate of drug-likeness (QED) is 0.307. The predicted molar refractivity (Wildman–Crippen MR) is 147 cm³/mol. The fourth-order valence-corrected chi connectivity index (χ4v) is 7.10. The first-order valence-electron chi connectivity index (χ1n) is 12.1. The molecule has 0 fully saturated rings. The summed E-state index contributed by atoms with van der Waals surface area (Å²) in [5, 5.41) is 0. The number of thiazole rings is 1. The molecule has 0 atom stereocenters. The molecule has 0 bridgehead atoms. The summed E-state index contributed by atoms with van der Waals surface area (Å²) < 4.78 is 36.7. The van der Waals surface area contributed by atoms with Crippen LogP contribution in [0.3, 0.4) is 0 Å². The average molecular weight is 534 g/mol. The topological polar surface area (TPSA) is 81.0 Å². The Hall–Kier alpha value is -3.69. The normalized spacial score (nSPS) is 14.0. The number of aromatic nitrogens is 1. The summed E-state index contributed by atoms with van der Waals surface area (Å²) in [7, 11) is -3.75. The number of amides is 1. The molecule has 1 aliphatic heterocycles. The summed E-state index contributed by atoms with van der Waals surface area (Å²) in [6.07, 6.45) is 3.37. The Bertz CT molecular complexity index is 1650. The Kier molecular flexibility index (Phi) is 6.99. The third kappa shape index (κ3) is 4.84. The molecule has 190 valence electrons. The van der Waals surface area contributed by atoms with Crippen molar-refractivity contribution in [3.8, 4) is 5.75 Å². The van der Waals surface area contributed by atoms with Gasteiger partial charge in [-0.2, -0.15) is 4.99 Å². The van der Waals surface area contributed by atoms with Crippen LogP contribution in [0.25, 0.3) is 10.2 Å². The maximum Gasteiger partial charge on any atom is 0.279 e. The van der Waals surface area contributed by atoms with Crippen LogP contribution in [0.5, 0.6) is 5.75 Å². The number of sulfonamides is 1. The second kappa shape index (κ2) is 10.4. The fourth-order valence-electron chi connectivity index (χ4n) is 4.50. The molecule has 7 nitrogen and oxygen atoms in total. The summed E-state index contributed by atoms with van der Waals surface area (Å²) in [5.74, 6) is 0.315. The molecule has 4 aromatic rings. The summed E-state index contributed by atoms with van der Waals surface area (Å²) >= 11 is 1.39. The molecule has 1 aliphatic rings. The van der Waals surface area contributed by atoms with Crippen LogP contribution in [0.4, 0.5) is 5.69 Å². The zero-order valence-electron chi connectivity index (χ0n) is 20.5. The minimum absolute atomic E-state index is 0.146. The van der Waals surface area contributed by atoms with E-state index in [1.807, 2.05) is 54.0 Å². The minimum Gasteiger partial charge on any atom is -0.494 e. The van der Waals surface area contributed by atoms with E-state index in [0.29, 0.717) is 35.7 Å². The second-order valence-electron chi connectivity index (χ2n) is 8.60. The standard InChI is InChI=1S/C28H27N3O4S2/c1-3-17-30-25-16-13-22(35-4-2)19-26(25)36-28(30)29-27(32)21-11-14-23(15-12-21)37(33,34)31-18-7-9-20-8-5-6-10-24(20)31/h3,5-6,8,10-16,19H,1,4,7,9,17-18H2,2H3. The van der Waals surface area contributed by atoms with Crippen LogP contribution in [0.1, 0.15) is 29.3 Å². The molecule has 2 heterocycles. The van der Waals surface area contributed by atoms with Crippen molar-refractivity contribution in [2.24, 2.45) is 4.99 Å². The number of nitrogens with zero attached hydrogens (tertiary/aromatic N) is 3. The van der Waals surface area contributed by atoms with Crippen molar-refractivity contribution < 1.29 is 17.9 Å². The lowest BCUT2D eigenvalue weighted by molar-refractivity contribution is 0.0997. The van der Waals surface area contributed by atoms with E-state index in [-0.39, 0.29) is 4.90 Å². The first kappa shape index (κ1) is 25.0. The SMILES string of the molecule is C=CCn1c(=NC(=O)c2ccc(S(=O)(=O)N3CCCc4ccccc43)cc2)sc2cc(OCC)ccc21. The van der Waals surface area contributed by atoms with Crippen LogP contribution in [0, 0.1) is 0 Å². The van der Waals surface area contributed by atoms with Crippen LogP contribution in [-0.4, -0.2) is 32.0 Å². The lowest BCUT2D eigenvalue weighted by Gasteiger charge is -2.30. The average Bonchev–Trinajstić information content (AvgIpc) is 3.24. The number of carbonyl (C=O) groups excluding carboxylic acids is 1. The van der Waals surface area contributed by atoms with Crippen LogP contribution in [0.2, 0.25) is 0 Å². The molecule has 1 aromatic heterocycles. The first-order valence-corrected chi connectivity index (χ1v) is 14.3. The summed E-state index contributed by atoms with van der Waals surface area (Å²) in [4.78, 5) is 18.1. The maximum absolute atomic E-state index is 13.4. The van der Waals surface area contributed by atoms with Crippen molar-refractivity contribution in [3.63, 3.8) is 0 Å². The van der Waals surface area contributed by atoms with E-state index < -0.39 is 15.9 Å². The summed E-state index contributed by atoms with van der Waals surface area (Å²) in [5.41, 5.74) is 2.99. The van der Waals surface area contributed by atoms with E-state index in [0.717, 1.165) is 34.4 Å². The van der Waals surface area contributed by atoms with Crippen molar-refractivity contribution in [1.29, 1.82) is 0 Å². The zero-order valence-corrected chi connectivity index (χ0v) is 22.1. The van der Waals surface area contributed by atoms with Crippen LogP contribution >= 0.6 is 11.3 Å². The molecule has 0 saturated heterocycles. The first-order chi connectivity index (χ1) is 17.9. The molecular weight excluding hydrogens is 506 g/mol. The van der Waals surface area contributed by atoms with Gasteiger partial charge in [-0.15, -0.1) is 6.58 Å². The number of rotatable bonds is 7. The van der Waals surface area contributed by atoms with Gasteiger partial charge in [0, 0.05) is 18.7 Å². The molecule has 0 unspecified atom stereocenters. The molecule has 0 N–H and O–H groups in total. The largest absolute Gasteiger partial charge is 0.494 e. The molecule has 0 saturated carbocycles. The Labute approximate surface area is 220 Å². The number of aryl methyl sites for hydroxylation is 1. The van der Waals surface area contributed by atoms with Gasteiger partial charge < -0.3 is 9.30 Å². The van der Waals surface area contributed by atoms with Gasteiger partial charge in [0.05, 0.1) is 27.4 Å². The lowest BCUT2D eigenvalue weighted by atomic mass is 10.0. The van der Waals surface area contributed by atoms with E-state index in [4.69, 9.17) is 4.74 Å². The highest BCUT2D eigenvalue weighted by atomic mass is 32.2. The van der Waals surface area contributed by atoms with Gasteiger partial charge in [0.2, 0.25) is 0 Å². The predicted octanol–water partition coefficient (Wildman–Crippen LogP) is 5.17. The van der Waals surface area contributed by atoms with Crippen LogP contribution in [0.15, 0.2) is 89.3 Å². The lowest BCUT2D eigenvalue weighted by Crippen LogP contribution is -2.35. The Morgan fingerprint density at radius 2 is 1.92 bits per heavy atom. The van der Waals surface area contributed by atoms with Crippen LogP contribution in [-0.2, 0) is 23.0 Å². The molecule has 9 heteroatoms. The molecule has 0 aliphatic carbocycles. The van der Waals surface area contributed by atoms with Gasteiger partial charge in [-0.3, -0.25) is 9.10 Å². The van der Waals surface area contributed by atoms with E-state index >= 15 is 0 Å². The van der Waals surface area contributed by atoms with Gasteiger partial charge in [0.25, 0.3) is 15.9 Å². The summed E-state index contributed by atoms with van der Waals surface area (Å²) in [6.45, 7) is 7.24. The van der Waals surface area contributed by atoms with E-state index in [2.05, 4.69) is 11.6 Å². The molecule has 0 radical (unpaired) electrons. The third-order valence-electron chi connectivity index (χ3n) is 6.23. The number of fused-ring (bicyclic) bond motifs is 2. The highest BCUT2D eigenvalue weighted by Crippen LogP contribution is 2.32. The van der Waals surface area contributed by atoms with Gasteiger partial charge in [-0.25, -0.2) is 8.42 Å². The minimum atomic E-state index is -3.75. The van der Waals surface area contributed by atoms with E-state index in [9.17, 15) is 13.2 Å². The molecule has 0 spiro atoms. The molecule has 5 rings (SSSR count). The number of carbonyl (C=O) groups is 1. The highest BCUT2D eigenvalue weighted by molar-refractivity contribution is 7.92. The smallest absolute Gasteiger partial charge is 0.279 e. The molecule has 37 heavy (non-hydrogen) atoms. The van der Waals surface area contributed by atoms with Gasteiger partial charge in [0.15, 0.2) is 4.80 Å². The number of allylic oxidation sites excluding steroid dienone is 1. The van der Waals surface area contributed by atoms with Crippen molar-refractivity contribution in [2.45, 2.75) is 31.2 Å². The van der Waals surface area contributed by atoms with Gasteiger partial charge >= 0.3 is 0 Å². The van der Waals surface area contributed by atoms with Crippen LogP contribution < -0.4 is 13.8 Å². The zero-order chi connectivity index (χ0) is 26.0. The number of para-hydroxylation sites is 1. The van der Waals surface area contributed by atoms with E-state index in [1.54, 1.807) is 6.08 Å². The number of hydrogen-bond acceptors (Lipinski definition) is 5. The number of hydrogen-bond donors (Lipinski definition) is 0. The highest BCUT2D eigenvalue weighted by Gasteiger charge is 2.29. The van der Waals surface area contributed by atoms with Crippen molar-refractivity contribution >= 4 is 43.2 Å². The van der Waals surface area contributed by atoms with Gasteiger partial charge in [0.1, 0.15) is 5.75 Å². The Morgan fingerprint density at radius 1 is 1.14 bits per heavy atom. The fraction of sp³-hybridized carbons (Fsp3) is 0.214. The van der Waals surface area contributed by atoms with Gasteiger partial charge in [-0.1, -0.05) is 35.6 Å². The van der Waals surface area contributed by atoms with Crippen molar-refractivity contribution in [2.75, 3.05) is 17.5 Å². The van der Waals surface area contributed by atoms with E-state index in [1.165, 1.54) is 39.9 Å². The summed E-state index contributed by atoms with van der Waals surface area (Å²) in [6, 6.07) is 19.3. The molecular formula is C28H27N3O4S2. The van der Waals surface area contributed by atoms with Crippen molar-refractivity contribution in [1.82, 2.24) is 4.57 Å².